The molecule has 0 aliphatic carbocycles. The van der Waals surface area contributed by atoms with Crippen molar-refractivity contribution in [2.24, 2.45) is 0 Å². The van der Waals surface area contributed by atoms with Crippen molar-refractivity contribution < 1.29 is 27.8 Å². The van der Waals surface area contributed by atoms with Gasteiger partial charge in [0.2, 0.25) is 0 Å². The number of anilines is 1. The van der Waals surface area contributed by atoms with Crippen LogP contribution in [0, 0.1) is 0 Å². The van der Waals surface area contributed by atoms with E-state index in [0.717, 1.165) is 6.26 Å². The summed E-state index contributed by atoms with van der Waals surface area (Å²) in [7, 11) is 0. The van der Waals surface area contributed by atoms with Crippen molar-refractivity contribution in [3.8, 4) is 0 Å². The molecule has 2 N–H and O–H groups in total. The van der Waals surface area contributed by atoms with Gasteiger partial charge in [-0.2, -0.15) is 4.98 Å². The van der Waals surface area contributed by atoms with Crippen LogP contribution >= 0.6 is 0 Å². The summed E-state index contributed by atoms with van der Waals surface area (Å²) >= 11 is 0. The SMILES string of the molecule is O=C(O)c1coc(NCCOCC(F)F)n1. The van der Waals surface area contributed by atoms with Gasteiger partial charge in [0.25, 0.3) is 12.4 Å². The summed E-state index contributed by atoms with van der Waals surface area (Å²) in [5.74, 6) is -1.20. The summed E-state index contributed by atoms with van der Waals surface area (Å²) < 4.78 is 32.6. The quantitative estimate of drug-likeness (QED) is 0.689. The van der Waals surface area contributed by atoms with E-state index >= 15 is 0 Å². The van der Waals surface area contributed by atoms with Gasteiger partial charge in [0, 0.05) is 6.54 Å². The fourth-order valence-electron chi connectivity index (χ4n) is 0.856. The number of rotatable bonds is 7. The standard InChI is InChI=1S/C8H10F2N2O4/c9-6(10)4-15-2-1-11-8-12-5(3-16-8)7(13)14/h3,6H,1-2,4H2,(H,11,12)(H,13,14). The Morgan fingerprint density at radius 2 is 2.44 bits per heavy atom. The number of halogens is 2. The molecular weight excluding hydrogens is 226 g/mol. The molecule has 1 heterocycles. The molecule has 0 unspecified atom stereocenters. The molecule has 90 valence electrons. The number of alkyl halides is 2. The van der Waals surface area contributed by atoms with Gasteiger partial charge < -0.3 is 19.6 Å². The van der Waals surface area contributed by atoms with Crippen LogP contribution in [-0.4, -0.2) is 42.2 Å². The topological polar surface area (TPSA) is 84.6 Å². The third-order valence-corrected chi connectivity index (χ3v) is 1.49. The number of aromatic carboxylic acids is 1. The van der Waals surface area contributed by atoms with Crippen LogP contribution in [0.25, 0.3) is 0 Å². The van der Waals surface area contributed by atoms with Crippen LogP contribution in [0.1, 0.15) is 10.5 Å². The number of carbonyl (C=O) groups is 1. The van der Waals surface area contributed by atoms with E-state index in [-0.39, 0.29) is 24.9 Å². The summed E-state index contributed by atoms with van der Waals surface area (Å²) in [6.07, 6.45) is -1.52. The maximum absolute atomic E-state index is 11.6. The van der Waals surface area contributed by atoms with Crippen LogP contribution in [0.2, 0.25) is 0 Å². The second-order valence-corrected chi connectivity index (χ2v) is 2.74. The molecule has 0 aliphatic heterocycles. The van der Waals surface area contributed by atoms with E-state index in [2.05, 4.69) is 15.0 Å². The van der Waals surface area contributed by atoms with E-state index < -0.39 is 19.0 Å². The average molecular weight is 236 g/mol. The van der Waals surface area contributed by atoms with E-state index in [4.69, 9.17) is 9.52 Å². The second kappa shape index (κ2) is 6.01. The summed E-state index contributed by atoms with van der Waals surface area (Å²) in [5.41, 5.74) is -0.226. The van der Waals surface area contributed by atoms with E-state index in [1.807, 2.05) is 0 Å². The van der Waals surface area contributed by atoms with Gasteiger partial charge in [-0.15, -0.1) is 0 Å². The van der Waals surface area contributed by atoms with Crippen LogP contribution in [0.5, 0.6) is 0 Å². The smallest absolute Gasteiger partial charge is 0.357 e. The molecule has 0 saturated heterocycles. The Balaban J connectivity index is 2.19. The summed E-state index contributed by atoms with van der Waals surface area (Å²) in [4.78, 5) is 14.0. The van der Waals surface area contributed by atoms with Gasteiger partial charge in [-0.05, 0) is 0 Å². The number of hydrogen-bond donors (Lipinski definition) is 2. The number of carboxylic acids is 1. The van der Waals surface area contributed by atoms with E-state index in [1.54, 1.807) is 0 Å². The van der Waals surface area contributed by atoms with Gasteiger partial charge in [-0.3, -0.25) is 0 Å². The first kappa shape index (κ1) is 12.4. The zero-order valence-electron chi connectivity index (χ0n) is 8.15. The van der Waals surface area contributed by atoms with Crippen molar-refractivity contribution in [1.82, 2.24) is 4.98 Å². The highest BCUT2D eigenvalue weighted by Gasteiger charge is 2.09. The third kappa shape index (κ3) is 4.22. The molecule has 1 aromatic rings. The van der Waals surface area contributed by atoms with Crippen LogP contribution in [0.4, 0.5) is 14.8 Å². The number of hydrogen-bond acceptors (Lipinski definition) is 5. The summed E-state index contributed by atoms with van der Waals surface area (Å²) in [6.45, 7) is -0.380. The molecular formula is C8H10F2N2O4. The highest BCUT2D eigenvalue weighted by molar-refractivity contribution is 5.85. The zero-order chi connectivity index (χ0) is 12.0. The van der Waals surface area contributed by atoms with E-state index in [1.165, 1.54) is 0 Å². The van der Waals surface area contributed by atoms with E-state index in [9.17, 15) is 13.6 Å². The van der Waals surface area contributed by atoms with Gasteiger partial charge in [-0.1, -0.05) is 0 Å². The highest BCUT2D eigenvalue weighted by Crippen LogP contribution is 2.06. The largest absolute Gasteiger partial charge is 0.476 e. The second-order valence-electron chi connectivity index (χ2n) is 2.74. The van der Waals surface area contributed by atoms with Crippen molar-refractivity contribution in [3.05, 3.63) is 12.0 Å². The van der Waals surface area contributed by atoms with Crippen LogP contribution in [0.3, 0.4) is 0 Å². The lowest BCUT2D eigenvalue weighted by Crippen LogP contribution is -2.13. The molecule has 16 heavy (non-hydrogen) atoms. The predicted octanol–water partition coefficient (Wildman–Crippen LogP) is 1.07. The first-order valence-corrected chi connectivity index (χ1v) is 4.38. The number of oxazole rings is 1. The van der Waals surface area contributed by atoms with Crippen molar-refractivity contribution in [3.63, 3.8) is 0 Å². The zero-order valence-corrected chi connectivity index (χ0v) is 8.15. The third-order valence-electron chi connectivity index (χ3n) is 1.49. The Morgan fingerprint density at radius 1 is 1.69 bits per heavy atom. The molecule has 0 fully saturated rings. The molecule has 1 aromatic heterocycles. The Morgan fingerprint density at radius 3 is 3.00 bits per heavy atom. The Bertz CT molecular complexity index is 343. The minimum atomic E-state index is -2.50. The van der Waals surface area contributed by atoms with Gasteiger partial charge in [-0.25, -0.2) is 13.6 Å². The molecule has 0 atom stereocenters. The fraction of sp³-hybridized carbons (Fsp3) is 0.500. The first-order chi connectivity index (χ1) is 7.59. The van der Waals surface area contributed by atoms with E-state index in [0.29, 0.717) is 0 Å². The first-order valence-electron chi connectivity index (χ1n) is 4.38. The lowest BCUT2D eigenvalue weighted by molar-refractivity contribution is 0.0214. The molecule has 1 rings (SSSR count). The average Bonchev–Trinajstić information content (AvgIpc) is 2.65. The maximum atomic E-state index is 11.6. The predicted molar refractivity (Wildman–Crippen MR) is 48.8 cm³/mol. The lowest BCUT2D eigenvalue weighted by Gasteiger charge is -2.03. The fourth-order valence-corrected chi connectivity index (χ4v) is 0.856. The van der Waals surface area contributed by atoms with Crippen molar-refractivity contribution in [2.75, 3.05) is 25.1 Å². The summed E-state index contributed by atoms with van der Waals surface area (Å²) in [6, 6.07) is 0.0121. The summed E-state index contributed by atoms with van der Waals surface area (Å²) in [5, 5.41) is 11.1. The molecule has 0 amide bonds. The molecule has 0 bridgehead atoms. The maximum Gasteiger partial charge on any atom is 0.357 e. The van der Waals surface area contributed by atoms with Crippen molar-refractivity contribution in [2.45, 2.75) is 6.43 Å². The van der Waals surface area contributed by atoms with Gasteiger partial charge in [0.1, 0.15) is 12.9 Å². The normalized spacial score (nSPS) is 10.7. The minimum absolute atomic E-state index is 0.0121. The number of nitrogens with zero attached hydrogens (tertiary/aromatic N) is 1. The Labute approximate surface area is 89.2 Å². The molecule has 8 heteroatoms. The number of aromatic nitrogens is 1. The number of ether oxygens (including phenoxy) is 1. The molecule has 0 aromatic carbocycles. The van der Waals surface area contributed by atoms with Gasteiger partial charge in [0.05, 0.1) is 6.61 Å². The van der Waals surface area contributed by atoms with Crippen LogP contribution in [-0.2, 0) is 4.74 Å². The molecule has 0 spiro atoms. The molecule has 0 saturated carbocycles. The van der Waals surface area contributed by atoms with Crippen LogP contribution in [0.15, 0.2) is 10.7 Å². The van der Waals surface area contributed by atoms with Gasteiger partial charge >= 0.3 is 5.97 Å². The van der Waals surface area contributed by atoms with Crippen molar-refractivity contribution >= 4 is 12.0 Å². The Hall–Kier alpha value is -1.70. The Kier molecular flexibility index (Phi) is 4.65. The lowest BCUT2D eigenvalue weighted by atomic mass is 10.5. The molecule has 6 nitrogen and oxygen atoms in total. The monoisotopic (exact) mass is 236 g/mol. The molecule has 0 radical (unpaired) electrons. The number of nitrogens with one attached hydrogen (secondary N) is 1. The number of carboxylic acid groups (broad SMARTS) is 1. The van der Waals surface area contributed by atoms with Gasteiger partial charge in [0.15, 0.2) is 5.69 Å². The molecule has 0 aliphatic rings. The van der Waals surface area contributed by atoms with Crippen LogP contribution < -0.4 is 5.32 Å². The minimum Gasteiger partial charge on any atom is -0.476 e. The van der Waals surface area contributed by atoms with Crippen molar-refractivity contribution in [1.29, 1.82) is 0 Å². The highest BCUT2D eigenvalue weighted by atomic mass is 19.3.